The van der Waals surface area contributed by atoms with Crippen molar-refractivity contribution in [2.75, 3.05) is 0 Å². The molecule has 0 saturated carbocycles. The van der Waals surface area contributed by atoms with Crippen LogP contribution in [0.15, 0.2) is 41.6 Å². The molecule has 0 fully saturated rings. The van der Waals surface area contributed by atoms with E-state index in [-0.39, 0.29) is 16.5 Å². The average molecular weight is 320 g/mol. The average Bonchev–Trinajstić information content (AvgIpc) is 2.47. The third-order valence-corrected chi connectivity index (χ3v) is 3.96. The maximum Gasteiger partial charge on any atom is 0.271 e. The predicted octanol–water partition coefficient (Wildman–Crippen LogP) is 0.923. The number of aromatic nitrogens is 2. The van der Waals surface area contributed by atoms with E-state index in [1.165, 1.54) is 24.5 Å². The summed E-state index contributed by atoms with van der Waals surface area (Å²) in [5, 5.41) is 7.83. The summed E-state index contributed by atoms with van der Waals surface area (Å²) in [4.78, 5) is 20.1. The first-order valence-corrected chi connectivity index (χ1v) is 8.04. The summed E-state index contributed by atoms with van der Waals surface area (Å²) in [5.41, 5.74) is 1.53. The number of nitrogens with two attached hydrogens (primary N) is 1. The van der Waals surface area contributed by atoms with Gasteiger partial charge in [0.2, 0.25) is 10.0 Å². The maximum atomic E-state index is 12.1. The number of benzene rings is 1. The van der Waals surface area contributed by atoms with E-state index < -0.39 is 16.1 Å². The van der Waals surface area contributed by atoms with Gasteiger partial charge in [-0.1, -0.05) is 12.1 Å². The van der Waals surface area contributed by atoms with Crippen molar-refractivity contribution >= 4 is 15.9 Å². The maximum absolute atomic E-state index is 12.1. The van der Waals surface area contributed by atoms with Crippen LogP contribution in [-0.2, 0) is 10.0 Å². The first kappa shape index (κ1) is 16.1. The second kappa shape index (κ2) is 6.20. The molecule has 0 aliphatic heterocycles. The van der Waals surface area contributed by atoms with Crippen molar-refractivity contribution in [2.24, 2.45) is 5.14 Å². The van der Waals surface area contributed by atoms with Crippen molar-refractivity contribution in [2.45, 2.75) is 24.8 Å². The monoisotopic (exact) mass is 320 g/mol. The molecule has 2 rings (SSSR count). The Morgan fingerprint density at radius 1 is 1.27 bits per heavy atom. The standard InChI is InChI=1S/C14H16N4O3S/c1-9-7-17-13(8-16-9)14(19)18-10(2)11-4-3-5-12(6-11)22(15,20)21/h3-8,10H,1-2H3,(H,18,19)(H2,15,20,21). The minimum Gasteiger partial charge on any atom is -0.344 e. The second-order valence-corrected chi connectivity index (χ2v) is 6.42. The van der Waals surface area contributed by atoms with Crippen molar-refractivity contribution in [3.05, 3.63) is 53.6 Å². The van der Waals surface area contributed by atoms with Crippen molar-refractivity contribution in [1.82, 2.24) is 15.3 Å². The molecule has 0 bridgehead atoms. The van der Waals surface area contributed by atoms with Crippen LogP contribution in [0.1, 0.15) is 34.7 Å². The van der Waals surface area contributed by atoms with E-state index in [2.05, 4.69) is 15.3 Å². The molecule has 116 valence electrons. The predicted molar refractivity (Wildman–Crippen MR) is 80.5 cm³/mol. The third-order valence-electron chi connectivity index (χ3n) is 3.05. The van der Waals surface area contributed by atoms with Crippen LogP contribution in [0.25, 0.3) is 0 Å². The molecule has 1 heterocycles. The number of nitrogens with one attached hydrogen (secondary N) is 1. The van der Waals surface area contributed by atoms with Crippen LogP contribution >= 0.6 is 0 Å². The van der Waals surface area contributed by atoms with Crippen molar-refractivity contribution in [3.63, 3.8) is 0 Å². The van der Waals surface area contributed by atoms with Gasteiger partial charge in [-0.05, 0) is 31.5 Å². The number of carbonyl (C=O) groups excluding carboxylic acids is 1. The summed E-state index contributed by atoms with van der Waals surface area (Å²) < 4.78 is 22.7. The minimum absolute atomic E-state index is 0.00114. The topological polar surface area (TPSA) is 115 Å². The molecule has 1 atom stereocenters. The Kier molecular flexibility index (Phi) is 4.53. The Labute approximate surface area is 128 Å². The lowest BCUT2D eigenvalue weighted by Gasteiger charge is -2.14. The highest BCUT2D eigenvalue weighted by molar-refractivity contribution is 7.89. The van der Waals surface area contributed by atoms with Crippen LogP contribution in [0, 0.1) is 6.92 Å². The molecule has 1 unspecified atom stereocenters. The molecule has 22 heavy (non-hydrogen) atoms. The summed E-state index contributed by atoms with van der Waals surface area (Å²) >= 11 is 0. The molecule has 0 saturated heterocycles. The van der Waals surface area contributed by atoms with Gasteiger partial charge in [-0.2, -0.15) is 0 Å². The van der Waals surface area contributed by atoms with Gasteiger partial charge in [0.1, 0.15) is 5.69 Å². The van der Waals surface area contributed by atoms with Crippen molar-refractivity contribution < 1.29 is 13.2 Å². The van der Waals surface area contributed by atoms with Crippen LogP contribution in [0.3, 0.4) is 0 Å². The highest BCUT2D eigenvalue weighted by atomic mass is 32.2. The van der Waals surface area contributed by atoms with E-state index >= 15 is 0 Å². The molecule has 1 aromatic heterocycles. The summed E-state index contributed by atoms with van der Waals surface area (Å²) in [5.74, 6) is -0.388. The zero-order valence-electron chi connectivity index (χ0n) is 12.1. The summed E-state index contributed by atoms with van der Waals surface area (Å²) in [7, 11) is -3.78. The van der Waals surface area contributed by atoms with E-state index in [1.54, 1.807) is 26.0 Å². The quantitative estimate of drug-likeness (QED) is 0.869. The fourth-order valence-electron chi connectivity index (χ4n) is 1.82. The molecule has 0 aliphatic rings. The fourth-order valence-corrected chi connectivity index (χ4v) is 2.39. The molecule has 7 nitrogen and oxygen atoms in total. The van der Waals surface area contributed by atoms with Gasteiger partial charge in [-0.3, -0.25) is 9.78 Å². The van der Waals surface area contributed by atoms with E-state index in [1.807, 2.05) is 0 Å². The van der Waals surface area contributed by atoms with Gasteiger partial charge in [-0.15, -0.1) is 0 Å². The molecule has 8 heteroatoms. The van der Waals surface area contributed by atoms with Crippen molar-refractivity contribution in [3.8, 4) is 0 Å². The van der Waals surface area contributed by atoms with E-state index in [4.69, 9.17) is 5.14 Å². The molecule has 0 aliphatic carbocycles. The lowest BCUT2D eigenvalue weighted by Crippen LogP contribution is -2.27. The van der Waals surface area contributed by atoms with Gasteiger partial charge in [0.25, 0.3) is 5.91 Å². The molecule has 3 N–H and O–H groups in total. The van der Waals surface area contributed by atoms with Crippen LogP contribution in [0.5, 0.6) is 0 Å². The Balaban J connectivity index is 2.17. The van der Waals surface area contributed by atoms with E-state index in [9.17, 15) is 13.2 Å². The van der Waals surface area contributed by atoms with Gasteiger partial charge in [0.15, 0.2) is 0 Å². The number of rotatable bonds is 4. The molecular formula is C14H16N4O3S. The largest absolute Gasteiger partial charge is 0.344 e. The van der Waals surface area contributed by atoms with E-state index in [0.29, 0.717) is 11.3 Å². The summed E-state index contributed by atoms with van der Waals surface area (Å²) in [6.07, 6.45) is 2.89. The lowest BCUT2D eigenvalue weighted by molar-refractivity contribution is 0.0934. The summed E-state index contributed by atoms with van der Waals surface area (Å²) in [6.45, 7) is 3.51. The van der Waals surface area contributed by atoms with Crippen LogP contribution in [0.4, 0.5) is 0 Å². The van der Waals surface area contributed by atoms with Gasteiger partial charge in [0, 0.05) is 6.20 Å². The first-order chi connectivity index (χ1) is 10.3. The Bertz CT molecular complexity index is 788. The Morgan fingerprint density at radius 3 is 2.59 bits per heavy atom. The Hall–Kier alpha value is -2.32. The van der Waals surface area contributed by atoms with Gasteiger partial charge >= 0.3 is 0 Å². The van der Waals surface area contributed by atoms with Crippen LogP contribution in [-0.4, -0.2) is 24.3 Å². The molecule has 0 radical (unpaired) electrons. The zero-order chi connectivity index (χ0) is 16.3. The van der Waals surface area contributed by atoms with Gasteiger partial charge in [-0.25, -0.2) is 18.5 Å². The number of hydrogen-bond donors (Lipinski definition) is 2. The van der Waals surface area contributed by atoms with E-state index in [0.717, 1.165) is 0 Å². The number of hydrogen-bond acceptors (Lipinski definition) is 5. The molecular weight excluding hydrogens is 304 g/mol. The molecule has 1 amide bonds. The number of aryl methyl sites for hydroxylation is 1. The lowest BCUT2D eigenvalue weighted by atomic mass is 10.1. The van der Waals surface area contributed by atoms with Gasteiger partial charge in [0.05, 0.1) is 22.8 Å². The van der Waals surface area contributed by atoms with Crippen molar-refractivity contribution in [1.29, 1.82) is 0 Å². The van der Waals surface area contributed by atoms with Crippen LogP contribution in [0.2, 0.25) is 0 Å². The number of primary sulfonamides is 1. The molecule has 0 spiro atoms. The van der Waals surface area contributed by atoms with Gasteiger partial charge < -0.3 is 5.32 Å². The smallest absolute Gasteiger partial charge is 0.271 e. The zero-order valence-corrected chi connectivity index (χ0v) is 13.0. The summed E-state index contributed by atoms with van der Waals surface area (Å²) in [6, 6.07) is 5.71. The number of amides is 1. The third kappa shape index (κ3) is 3.86. The molecule has 1 aromatic carbocycles. The highest BCUT2D eigenvalue weighted by Gasteiger charge is 2.15. The number of nitrogens with zero attached hydrogens (tertiary/aromatic N) is 2. The number of sulfonamides is 1. The SMILES string of the molecule is Cc1cnc(C(=O)NC(C)c2cccc(S(N)(=O)=O)c2)cn1. The Morgan fingerprint density at radius 2 is 2.00 bits per heavy atom. The fraction of sp³-hybridized carbons (Fsp3) is 0.214. The minimum atomic E-state index is -3.78. The van der Waals surface area contributed by atoms with Crippen LogP contribution < -0.4 is 10.5 Å². The second-order valence-electron chi connectivity index (χ2n) is 4.86. The highest BCUT2D eigenvalue weighted by Crippen LogP contribution is 2.17. The number of carbonyl (C=O) groups is 1. The normalized spacial score (nSPS) is 12.7. The first-order valence-electron chi connectivity index (χ1n) is 6.49. The molecule has 2 aromatic rings.